The Morgan fingerprint density at radius 3 is 2.89 bits per heavy atom. The SMILES string of the molecule is O=C1NCC(c2cc(N3CCC4(CCOCC4)C3)c3nccn3n2)C(=O)N1. The highest BCUT2D eigenvalue weighted by atomic mass is 16.5. The lowest BCUT2D eigenvalue weighted by atomic mass is 9.80. The second kappa shape index (κ2) is 6.19. The van der Waals surface area contributed by atoms with Crippen LogP contribution in [-0.2, 0) is 9.53 Å². The van der Waals surface area contributed by atoms with Gasteiger partial charge in [-0.3, -0.25) is 10.1 Å². The van der Waals surface area contributed by atoms with Gasteiger partial charge in [0.2, 0.25) is 5.91 Å². The number of rotatable bonds is 2. The Balaban J connectivity index is 1.50. The van der Waals surface area contributed by atoms with E-state index in [1.54, 1.807) is 16.9 Å². The fraction of sp³-hybridized carbons (Fsp3) is 0.556. The summed E-state index contributed by atoms with van der Waals surface area (Å²) >= 11 is 0. The Hall–Kier alpha value is -2.68. The quantitative estimate of drug-likeness (QED) is 0.805. The molecule has 9 heteroatoms. The van der Waals surface area contributed by atoms with Crippen LogP contribution < -0.4 is 15.5 Å². The van der Waals surface area contributed by atoms with Gasteiger partial charge in [-0.15, -0.1) is 0 Å². The molecule has 2 N–H and O–H groups in total. The number of imidazole rings is 1. The molecule has 1 unspecified atom stereocenters. The molecule has 3 amide bonds. The van der Waals surface area contributed by atoms with E-state index in [2.05, 4.69) is 25.6 Å². The van der Waals surface area contributed by atoms with Crippen molar-refractivity contribution >= 4 is 23.3 Å². The van der Waals surface area contributed by atoms with Gasteiger partial charge < -0.3 is 15.0 Å². The zero-order valence-corrected chi connectivity index (χ0v) is 15.0. The maximum absolute atomic E-state index is 12.3. The van der Waals surface area contributed by atoms with Gasteiger partial charge in [0.25, 0.3) is 0 Å². The van der Waals surface area contributed by atoms with Crippen LogP contribution in [0.3, 0.4) is 0 Å². The third kappa shape index (κ3) is 2.82. The molecule has 3 aliphatic rings. The molecule has 1 atom stereocenters. The van der Waals surface area contributed by atoms with Gasteiger partial charge in [-0.25, -0.2) is 14.3 Å². The molecule has 0 bridgehead atoms. The van der Waals surface area contributed by atoms with Gasteiger partial charge in [0.15, 0.2) is 5.65 Å². The average molecular weight is 370 g/mol. The monoisotopic (exact) mass is 370 g/mol. The van der Waals surface area contributed by atoms with E-state index in [9.17, 15) is 9.59 Å². The number of carbonyl (C=O) groups excluding carboxylic acids is 2. The molecule has 9 nitrogen and oxygen atoms in total. The van der Waals surface area contributed by atoms with E-state index in [0.29, 0.717) is 11.1 Å². The second-order valence-corrected chi connectivity index (χ2v) is 7.69. The van der Waals surface area contributed by atoms with Crippen molar-refractivity contribution in [2.45, 2.75) is 25.2 Å². The van der Waals surface area contributed by atoms with Crippen molar-refractivity contribution in [1.82, 2.24) is 25.2 Å². The summed E-state index contributed by atoms with van der Waals surface area (Å²) < 4.78 is 7.28. The summed E-state index contributed by atoms with van der Waals surface area (Å²) in [6.45, 7) is 3.83. The maximum atomic E-state index is 12.3. The Kier molecular flexibility index (Phi) is 3.78. The molecule has 3 aliphatic heterocycles. The Morgan fingerprint density at radius 2 is 2.07 bits per heavy atom. The summed E-state index contributed by atoms with van der Waals surface area (Å²) in [6.07, 6.45) is 6.83. The number of fused-ring (bicyclic) bond motifs is 1. The summed E-state index contributed by atoms with van der Waals surface area (Å²) in [7, 11) is 0. The highest BCUT2D eigenvalue weighted by Gasteiger charge is 2.40. The molecule has 2 aromatic heterocycles. The lowest BCUT2D eigenvalue weighted by Crippen LogP contribution is -2.51. The minimum Gasteiger partial charge on any atom is -0.381 e. The molecule has 0 aromatic carbocycles. The first-order chi connectivity index (χ1) is 13.1. The van der Waals surface area contributed by atoms with Gasteiger partial charge >= 0.3 is 6.03 Å². The Morgan fingerprint density at radius 1 is 1.22 bits per heavy atom. The summed E-state index contributed by atoms with van der Waals surface area (Å²) in [4.78, 5) is 30.5. The van der Waals surface area contributed by atoms with E-state index in [-0.39, 0.29) is 12.5 Å². The minimum absolute atomic E-state index is 0.249. The summed E-state index contributed by atoms with van der Waals surface area (Å²) in [6, 6.07) is 1.50. The number of nitrogens with one attached hydrogen (secondary N) is 2. The molecule has 3 fully saturated rings. The number of urea groups is 1. The Bertz CT molecular complexity index is 904. The number of anilines is 1. The zero-order chi connectivity index (χ0) is 18.4. The summed E-state index contributed by atoms with van der Waals surface area (Å²) in [5, 5.41) is 9.56. The number of carbonyl (C=O) groups is 2. The van der Waals surface area contributed by atoms with E-state index in [0.717, 1.165) is 56.9 Å². The molecule has 142 valence electrons. The Labute approximate surface area is 156 Å². The normalized spacial score (nSPS) is 25.0. The molecule has 0 radical (unpaired) electrons. The largest absolute Gasteiger partial charge is 0.381 e. The lowest BCUT2D eigenvalue weighted by molar-refractivity contribution is -0.122. The molecule has 2 aromatic rings. The first kappa shape index (κ1) is 16.5. The van der Waals surface area contributed by atoms with Gasteiger partial charge in [0.05, 0.1) is 17.3 Å². The van der Waals surface area contributed by atoms with Crippen molar-refractivity contribution < 1.29 is 14.3 Å². The maximum Gasteiger partial charge on any atom is 0.321 e. The minimum atomic E-state index is -0.507. The molecule has 5 heterocycles. The van der Waals surface area contributed by atoms with Gasteiger partial charge in [-0.2, -0.15) is 5.10 Å². The van der Waals surface area contributed by atoms with Crippen molar-refractivity contribution in [2.24, 2.45) is 5.41 Å². The molecule has 27 heavy (non-hydrogen) atoms. The summed E-state index contributed by atoms with van der Waals surface area (Å²) in [5.74, 6) is -0.827. The molecule has 0 saturated carbocycles. The van der Waals surface area contributed by atoms with Crippen LogP contribution in [-0.4, -0.2) is 59.4 Å². The van der Waals surface area contributed by atoms with Gasteiger partial charge in [0, 0.05) is 45.2 Å². The van der Waals surface area contributed by atoms with Crippen molar-refractivity contribution in [3.63, 3.8) is 0 Å². The zero-order valence-electron chi connectivity index (χ0n) is 15.0. The van der Waals surface area contributed by atoms with Crippen LogP contribution in [0.1, 0.15) is 30.9 Å². The number of hydrogen-bond acceptors (Lipinski definition) is 6. The van der Waals surface area contributed by atoms with Crippen molar-refractivity contribution in [1.29, 1.82) is 0 Å². The number of imide groups is 1. The van der Waals surface area contributed by atoms with Crippen LogP contribution in [0.2, 0.25) is 0 Å². The number of ether oxygens (including phenoxy) is 1. The van der Waals surface area contributed by atoms with Gasteiger partial charge in [0.1, 0.15) is 0 Å². The highest BCUT2D eigenvalue weighted by molar-refractivity contribution is 6.00. The van der Waals surface area contributed by atoms with Crippen LogP contribution >= 0.6 is 0 Å². The van der Waals surface area contributed by atoms with Crippen LogP contribution in [0.25, 0.3) is 5.65 Å². The highest BCUT2D eigenvalue weighted by Crippen LogP contribution is 2.42. The third-order valence-electron chi connectivity index (χ3n) is 6.07. The predicted molar refractivity (Wildman–Crippen MR) is 96.6 cm³/mol. The number of hydrogen-bond donors (Lipinski definition) is 2. The average Bonchev–Trinajstić information content (AvgIpc) is 3.29. The second-order valence-electron chi connectivity index (χ2n) is 7.69. The van der Waals surface area contributed by atoms with E-state index in [4.69, 9.17) is 4.74 Å². The fourth-order valence-corrected chi connectivity index (χ4v) is 4.44. The number of amides is 3. The van der Waals surface area contributed by atoms with Crippen LogP contribution in [0.15, 0.2) is 18.5 Å². The van der Waals surface area contributed by atoms with Crippen molar-refractivity contribution in [3.05, 3.63) is 24.2 Å². The number of aromatic nitrogens is 3. The molecule has 0 aliphatic carbocycles. The van der Waals surface area contributed by atoms with Crippen LogP contribution in [0, 0.1) is 5.41 Å². The first-order valence-corrected chi connectivity index (χ1v) is 9.39. The topological polar surface area (TPSA) is 101 Å². The molecule has 5 rings (SSSR count). The number of nitrogens with zero attached hydrogens (tertiary/aromatic N) is 4. The third-order valence-corrected chi connectivity index (χ3v) is 6.07. The van der Waals surface area contributed by atoms with Crippen LogP contribution in [0.5, 0.6) is 0 Å². The van der Waals surface area contributed by atoms with E-state index in [1.807, 2.05) is 6.07 Å². The summed E-state index contributed by atoms with van der Waals surface area (Å²) in [5.41, 5.74) is 2.74. The molecule has 1 spiro atoms. The first-order valence-electron chi connectivity index (χ1n) is 9.39. The van der Waals surface area contributed by atoms with E-state index in [1.165, 1.54) is 0 Å². The van der Waals surface area contributed by atoms with E-state index >= 15 is 0 Å². The van der Waals surface area contributed by atoms with Crippen molar-refractivity contribution in [3.8, 4) is 0 Å². The predicted octanol–water partition coefficient (Wildman–Crippen LogP) is 0.659. The van der Waals surface area contributed by atoms with Gasteiger partial charge in [-0.1, -0.05) is 0 Å². The van der Waals surface area contributed by atoms with Crippen molar-refractivity contribution in [2.75, 3.05) is 37.7 Å². The van der Waals surface area contributed by atoms with E-state index < -0.39 is 11.9 Å². The van der Waals surface area contributed by atoms with Crippen LogP contribution in [0.4, 0.5) is 10.5 Å². The molecule has 3 saturated heterocycles. The van der Waals surface area contributed by atoms with Gasteiger partial charge in [-0.05, 0) is 30.7 Å². The standard InChI is InChI=1S/C18H22N6O3/c25-16-12(10-20-17(26)21-16)13-9-14(15-19-4-6-24(15)22-13)23-5-1-18(11-23)2-7-27-8-3-18/h4,6,9,12H,1-3,5,7-8,10-11H2,(H2,20,21,25,26). The lowest BCUT2D eigenvalue weighted by Gasteiger charge is -2.33. The smallest absolute Gasteiger partial charge is 0.321 e. The molecular weight excluding hydrogens is 348 g/mol. The fourth-order valence-electron chi connectivity index (χ4n) is 4.44. The molecular formula is C18H22N6O3.